The van der Waals surface area contributed by atoms with Crippen molar-refractivity contribution in [2.45, 2.75) is 39.2 Å². The number of nitrogens with one attached hydrogen (secondary N) is 1. The molecule has 1 aromatic carbocycles. The Labute approximate surface area is 166 Å². The first-order valence-electron chi connectivity index (χ1n) is 9.81. The smallest absolute Gasteiger partial charge is 0.321 e. The van der Waals surface area contributed by atoms with Crippen molar-refractivity contribution in [2.75, 3.05) is 32.6 Å². The summed E-state index contributed by atoms with van der Waals surface area (Å²) in [5.41, 5.74) is 0.619. The maximum absolute atomic E-state index is 12.7. The summed E-state index contributed by atoms with van der Waals surface area (Å²) in [6.45, 7) is 6.78. The number of ether oxygens (including phenoxy) is 2. The number of para-hydroxylation sites is 1. The lowest BCUT2D eigenvalue weighted by molar-refractivity contribution is 0.176. The number of rotatable bonds is 6. The second kappa shape index (κ2) is 8.99. The number of aromatic nitrogens is 2. The number of urea groups is 1. The van der Waals surface area contributed by atoms with E-state index in [1.54, 1.807) is 14.2 Å². The molecule has 2 heterocycles. The van der Waals surface area contributed by atoms with Crippen molar-refractivity contribution < 1.29 is 14.3 Å². The maximum Gasteiger partial charge on any atom is 0.321 e. The van der Waals surface area contributed by atoms with Crippen molar-refractivity contribution in [2.24, 2.45) is 5.92 Å². The number of likely N-dealkylation sites (tertiary alicyclic amines) is 1. The third-order valence-corrected chi connectivity index (χ3v) is 5.27. The summed E-state index contributed by atoms with van der Waals surface area (Å²) in [7, 11) is 3.15. The van der Waals surface area contributed by atoms with Gasteiger partial charge in [0, 0.05) is 37.9 Å². The summed E-state index contributed by atoms with van der Waals surface area (Å²) in [6.07, 6.45) is 5.90. The van der Waals surface area contributed by atoms with Gasteiger partial charge in [0.25, 0.3) is 0 Å². The lowest BCUT2D eigenvalue weighted by Gasteiger charge is -2.32. The van der Waals surface area contributed by atoms with Crippen LogP contribution in [0.1, 0.15) is 38.4 Å². The minimum Gasteiger partial charge on any atom is -0.493 e. The van der Waals surface area contributed by atoms with Crippen LogP contribution in [0.2, 0.25) is 0 Å². The molecule has 0 radical (unpaired) electrons. The van der Waals surface area contributed by atoms with E-state index in [0.717, 1.165) is 38.3 Å². The fraction of sp³-hybridized carbons (Fsp3) is 0.524. The number of piperidine rings is 1. The molecule has 0 saturated carbocycles. The molecule has 7 heteroatoms. The van der Waals surface area contributed by atoms with Crippen molar-refractivity contribution in [3.8, 4) is 11.5 Å². The van der Waals surface area contributed by atoms with Crippen molar-refractivity contribution in [3.63, 3.8) is 0 Å². The van der Waals surface area contributed by atoms with Crippen LogP contribution in [0.5, 0.6) is 11.5 Å². The highest BCUT2D eigenvalue weighted by Crippen LogP contribution is 2.35. The van der Waals surface area contributed by atoms with Crippen LogP contribution in [0, 0.1) is 5.92 Å². The number of carbonyl (C=O) groups is 1. The number of nitrogens with zero attached hydrogens (tertiary/aromatic N) is 3. The normalized spacial score (nSPS) is 15.0. The van der Waals surface area contributed by atoms with Gasteiger partial charge in [0.15, 0.2) is 11.5 Å². The number of carbonyl (C=O) groups excluding carboxylic acids is 1. The zero-order valence-electron chi connectivity index (χ0n) is 17.1. The highest BCUT2D eigenvalue weighted by atomic mass is 16.5. The van der Waals surface area contributed by atoms with E-state index in [-0.39, 0.29) is 6.03 Å². The topological polar surface area (TPSA) is 68.6 Å². The summed E-state index contributed by atoms with van der Waals surface area (Å²) >= 11 is 0. The van der Waals surface area contributed by atoms with Gasteiger partial charge in [-0.3, -0.25) is 0 Å². The van der Waals surface area contributed by atoms with E-state index in [2.05, 4.69) is 34.9 Å². The van der Waals surface area contributed by atoms with Crippen LogP contribution >= 0.6 is 0 Å². The monoisotopic (exact) mass is 386 g/mol. The summed E-state index contributed by atoms with van der Waals surface area (Å²) in [5.74, 6) is 3.24. The quantitative estimate of drug-likeness (QED) is 0.816. The number of amides is 2. The van der Waals surface area contributed by atoms with E-state index in [0.29, 0.717) is 29.0 Å². The lowest BCUT2D eigenvalue weighted by Crippen LogP contribution is -2.41. The van der Waals surface area contributed by atoms with Gasteiger partial charge >= 0.3 is 6.03 Å². The summed E-state index contributed by atoms with van der Waals surface area (Å²) < 4.78 is 12.9. The van der Waals surface area contributed by atoms with Crippen LogP contribution in [-0.2, 0) is 6.54 Å². The molecule has 1 saturated heterocycles. The highest BCUT2D eigenvalue weighted by Gasteiger charge is 2.24. The van der Waals surface area contributed by atoms with Gasteiger partial charge in [0.1, 0.15) is 5.82 Å². The van der Waals surface area contributed by atoms with Gasteiger partial charge in [-0.2, -0.15) is 0 Å². The number of imidazole rings is 1. The Morgan fingerprint density at radius 1 is 1.25 bits per heavy atom. The molecule has 7 nitrogen and oxygen atoms in total. The zero-order chi connectivity index (χ0) is 20.1. The van der Waals surface area contributed by atoms with Crippen molar-refractivity contribution in [1.29, 1.82) is 0 Å². The van der Waals surface area contributed by atoms with Crippen LogP contribution in [0.3, 0.4) is 0 Å². The van der Waals surface area contributed by atoms with Crippen LogP contribution in [0.15, 0.2) is 30.6 Å². The Balaban J connectivity index is 1.56. The first-order valence-corrected chi connectivity index (χ1v) is 9.81. The van der Waals surface area contributed by atoms with E-state index in [4.69, 9.17) is 9.47 Å². The van der Waals surface area contributed by atoms with Crippen molar-refractivity contribution in [1.82, 2.24) is 14.5 Å². The number of anilines is 1. The Morgan fingerprint density at radius 2 is 2.00 bits per heavy atom. The van der Waals surface area contributed by atoms with Crippen molar-refractivity contribution >= 4 is 11.7 Å². The SMILES string of the molecule is COc1cccc(NC(=O)N2CCC(Cn3ccnc3C(C)C)CC2)c1OC. The molecule has 152 valence electrons. The van der Waals surface area contributed by atoms with E-state index in [1.165, 1.54) is 0 Å². The largest absolute Gasteiger partial charge is 0.493 e. The van der Waals surface area contributed by atoms with Crippen molar-refractivity contribution in [3.05, 3.63) is 36.4 Å². The standard InChI is InChI=1S/C21H30N4O3/c1-15(2)20-22-10-13-25(20)14-16-8-11-24(12-9-16)21(26)23-17-6-5-7-18(27-3)19(17)28-4/h5-7,10,13,15-16H,8-9,11-12,14H2,1-4H3,(H,23,26). The summed E-state index contributed by atoms with van der Waals surface area (Å²) in [4.78, 5) is 19.0. The van der Waals surface area contributed by atoms with Gasteiger partial charge in [-0.25, -0.2) is 9.78 Å². The van der Waals surface area contributed by atoms with E-state index >= 15 is 0 Å². The lowest BCUT2D eigenvalue weighted by atomic mass is 9.96. The van der Waals surface area contributed by atoms with Crippen LogP contribution in [0.4, 0.5) is 10.5 Å². The Hall–Kier alpha value is -2.70. The molecule has 0 aliphatic carbocycles. The highest BCUT2D eigenvalue weighted by molar-refractivity contribution is 5.91. The Morgan fingerprint density at radius 3 is 2.64 bits per heavy atom. The summed E-state index contributed by atoms with van der Waals surface area (Å²) in [6, 6.07) is 5.36. The molecule has 2 aromatic rings. The average Bonchev–Trinajstić information content (AvgIpc) is 3.16. The fourth-order valence-electron chi connectivity index (χ4n) is 3.75. The molecule has 0 bridgehead atoms. The van der Waals surface area contributed by atoms with Gasteiger partial charge in [-0.05, 0) is 30.9 Å². The van der Waals surface area contributed by atoms with E-state index in [9.17, 15) is 4.79 Å². The number of hydrogen-bond donors (Lipinski definition) is 1. The Bertz CT molecular complexity index is 795. The molecule has 1 N–H and O–H groups in total. The predicted octanol–water partition coefficient (Wildman–Crippen LogP) is 3.97. The predicted molar refractivity (Wildman–Crippen MR) is 109 cm³/mol. The molecule has 1 aliphatic rings. The molecule has 28 heavy (non-hydrogen) atoms. The minimum absolute atomic E-state index is 0.101. The Kier molecular flexibility index (Phi) is 6.44. The van der Waals surface area contributed by atoms with E-state index < -0.39 is 0 Å². The molecular formula is C21H30N4O3. The maximum atomic E-state index is 12.7. The van der Waals surface area contributed by atoms with Gasteiger partial charge in [-0.15, -0.1) is 0 Å². The number of hydrogen-bond acceptors (Lipinski definition) is 4. The zero-order valence-corrected chi connectivity index (χ0v) is 17.1. The minimum atomic E-state index is -0.101. The third-order valence-electron chi connectivity index (χ3n) is 5.27. The molecule has 1 aromatic heterocycles. The molecule has 3 rings (SSSR count). The average molecular weight is 386 g/mol. The number of methoxy groups -OCH3 is 2. The van der Waals surface area contributed by atoms with Crippen LogP contribution in [0.25, 0.3) is 0 Å². The second-order valence-electron chi connectivity index (χ2n) is 7.49. The summed E-state index contributed by atoms with van der Waals surface area (Å²) in [5, 5.41) is 2.96. The third kappa shape index (κ3) is 4.40. The van der Waals surface area contributed by atoms with Gasteiger partial charge in [0.2, 0.25) is 0 Å². The van der Waals surface area contributed by atoms with Crippen LogP contribution < -0.4 is 14.8 Å². The molecule has 0 atom stereocenters. The molecular weight excluding hydrogens is 356 g/mol. The van der Waals surface area contributed by atoms with Crippen LogP contribution in [-0.4, -0.2) is 47.8 Å². The molecule has 1 aliphatic heterocycles. The van der Waals surface area contributed by atoms with Gasteiger partial charge in [-0.1, -0.05) is 19.9 Å². The molecule has 2 amide bonds. The molecule has 1 fully saturated rings. The van der Waals surface area contributed by atoms with Gasteiger partial charge < -0.3 is 24.3 Å². The fourth-order valence-corrected chi connectivity index (χ4v) is 3.75. The number of benzene rings is 1. The van der Waals surface area contributed by atoms with Gasteiger partial charge in [0.05, 0.1) is 19.9 Å². The molecule has 0 unspecified atom stereocenters. The second-order valence-corrected chi connectivity index (χ2v) is 7.49. The van der Waals surface area contributed by atoms with E-state index in [1.807, 2.05) is 29.3 Å². The first kappa shape index (κ1) is 20.0. The molecule has 0 spiro atoms. The first-order chi connectivity index (χ1) is 13.5.